The van der Waals surface area contributed by atoms with Crippen molar-refractivity contribution in [2.45, 2.75) is 13.5 Å². The molecule has 0 amide bonds. The maximum Gasteiger partial charge on any atom is 0.126 e. The third kappa shape index (κ3) is 2.94. The third-order valence-corrected chi connectivity index (χ3v) is 3.31. The number of hydrogen-bond acceptors (Lipinski definition) is 3. The predicted molar refractivity (Wildman–Crippen MR) is 82.5 cm³/mol. The summed E-state index contributed by atoms with van der Waals surface area (Å²) in [6.45, 7) is 2.85. The van der Waals surface area contributed by atoms with Crippen LogP contribution in [0.5, 0.6) is 11.5 Å². The van der Waals surface area contributed by atoms with Crippen molar-refractivity contribution in [3.63, 3.8) is 0 Å². The molecule has 0 heterocycles. The Morgan fingerprint density at radius 1 is 0.950 bits per heavy atom. The van der Waals surface area contributed by atoms with Gasteiger partial charge in [0, 0.05) is 17.7 Å². The van der Waals surface area contributed by atoms with Crippen molar-refractivity contribution in [3.05, 3.63) is 47.5 Å². The summed E-state index contributed by atoms with van der Waals surface area (Å²) in [5.74, 6) is 1.78. The zero-order chi connectivity index (χ0) is 14.5. The molecule has 2 rings (SSSR count). The van der Waals surface area contributed by atoms with Gasteiger partial charge in [0.1, 0.15) is 11.5 Å². The van der Waals surface area contributed by atoms with Crippen LogP contribution in [0.4, 0.5) is 0 Å². The van der Waals surface area contributed by atoms with E-state index in [0.29, 0.717) is 0 Å². The first-order valence-corrected chi connectivity index (χ1v) is 6.66. The van der Waals surface area contributed by atoms with E-state index < -0.39 is 0 Å². The highest BCUT2D eigenvalue weighted by Gasteiger charge is 2.09. The van der Waals surface area contributed by atoms with E-state index in [4.69, 9.17) is 9.47 Å². The molecule has 3 heteroatoms. The molecular formula is C17H21NO2. The fraction of sp³-hybridized carbons (Fsp3) is 0.294. The van der Waals surface area contributed by atoms with Crippen LogP contribution in [0, 0.1) is 6.92 Å². The zero-order valence-electron chi connectivity index (χ0n) is 12.5. The minimum absolute atomic E-state index is 0.769. The molecule has 0 unspecified atom stereocenters. The van der Waals surface area contributed by atoms with Gasteiger partial charge < -0.3 is 14.8 Å². The number of benzene rings is 2. The largest absolute Gasteiger partial charge is 0.496 e. The lowest BCUT2D eigenvalue weighted by Gasteiger charge is -2.13. The van der Waals surface area contributed by atoms with Crippen LogP contribution < -0.4 is 14.8 Å². The second-order valence-corrected chi connectivity index (χ2v) is 4.76. The van der Waals surface area contributed by atoms with Crippen molar-refractivity contribution in [1.29, 1.82) is 0 Å². The van der Waals surface area contributed by atoms with Crippen LogP contribution >= 0.6 is 0 Å². The molecule has 0 saturated carbocycles. The normalized spacial score (nSPS) is 10.4. The summed E-state index contributed by atoms with van der Waals surface area (Å²) in [4.78, 5) is 0. The van der Waals surface area contributed by atoms with Gasteiger partial charge in [-0.05, 0) is 43.8 Å². The van der Waals surface area contributed by atoms with E-state index in [1.807, 2.05) is 19.2 Å². The highest BCUT2D eigenvalue weighted by Crippen LogP contribution is 2.33. The van der Waals surface area contributed by atoms with Crippen LogP contribution in [-0.4, -0.2) is 21.3 Å². The second kappa shape index (κ2) is 6.44. The Labute approximate surface area is 120 Å². The fourth-order valence-electron chi connectivity index (χ4n) is 2.32. The summed E-state index contributed by atoms with van der Waals surface area (Å²) >= 11 is 0. The van der Waals surface area contributed by atoms with Gasteiger partial charge in [0.15, 0.2) is 0 Å². The minimum Gasteiger partial charge on any atom is -0.496 e. The van der Waals surface area contributed by atoms with Gasteiger partial charge in [0.05, 0.1) is 14.2 Å². The first kappa shape index (κ1) is 14.4. The summed E-state index contributed by atoms with van der Waals surface area (Å²) < 4.78 is 10.9. The number of hydrogen-bond donors (Lipinski definition) is 1. The van der Waals surface area contributed by atoms with E-state index >= 15 is 0 Å². The quantitative estimate of drug-likeness (QED) is 0.904. The average Bonchev–Trinajstić information content (AvgIpc) is 2.47. The number of ether oxygens (including phenoxy) is 2. The fourth-order valence-corrected chi connectivity index (χ4v) is 2.32. The number of rotatable bonds is 5. The second-order valence-electron chi connectivity index (χ2n) is 4.76. The lowest BCUT2D eigenvalue weighted by Crippen LogP contribution is -2.06. The first-order chi connectivity index (χ1) is 9.69. The molecule has 0 bridgehead atoms. The molecule has 3 nitrogen and oxygen atoms in total. The molecule has 106 valence electrons. The molecule has 0 aliphatic heterocycles. The highest BCUT2D eigenvalue weighted by molar-refractivity contribution is 5.72. The highest BCUT2D eigenvalue weighted by atomic mass is 16.5. The van der Waals surface area contributed by atoms with Gasteiger partial charge in [-0.15, -0.1) is 0 Å². The molecule has 0 spiro atoms. The zero-order valence-corrected chi connectivity index (χ0v) is 12.5. The molecule has 2 aromatic carbocycles. The Balaban J connectivity index is 2.52. The van der Waals surface area contributed by atoms with Crippen LogP contribution in [-0.2, 0) is 6.54 Å². The van der Waals surface area contributed by atoms with Crippen LogP contribution in [0.2, 0.25) is 0 Å². The molecule has 0 aliphatic carbocycles. The molecule has 0 saturated heterocycles. The SMILES string of the molecule is CNCc1cc(-c2cc(C)ccc2OC)ccc1OC. The van der Waals surface area contributed by atoms with Crippen LogP contribution in [0.15, 0.2) is 36.4 Å². The van der Waals surface area contributed by atoms with Crippen molar-refractivity contribution in [2.24, 2.45) is 0 Å². The third-order valence-electron chi connectivity index (χ3n) is 3.31. The lowest BCUT2D eigenvalue weighted by molar-refractivity contribution is 0.408. The van der Waals surface area contributed by atoms with E-state index in [1.54, 1.807) is 14.2 Å². The summed E-state index contributed by atoms with van der Waals surface area (Å²) in [5, 5.41) is 3.17. The molecule has 1 N–H and O–H groups in total. The Kier molecular flexibility index (Phi) is 4.64. The topological polar surface area (TPSA) is 30.5 Å². The van der Waals surface area contributed by atoms with E-state index in [9.17, 15) is 0 Å². The summed E-state index contributed by atoms with van der Waals surface area (Å²) in [6.07, 6.45) is 0. The summed E-state index contributed by atoms with van der Waals surface area (Å²) in [7, 11) is 5.33. The van der Waals surface area contributed by atoms with Crippen molar-refractivity contribution >= 4 is 0 Å². The summed E-state index contributed by atoms with van der Waals surface area (Å²) in [6, 6.07) is 12.4. The van der Waals surface area contributed by atoms with E-state index in [1.165, 1.54) is 5.56 Å². The Bertz CT molecular complexity index is 594. The lowest BCUT2D eigenvalue weighted by atomic mass is 9.99. The molecule has 20 heavy (non-hydrogen) atoms. The standard InChI is InChI=1S/C17H21NO2/c1-12-5-7-17(20-4)15(9-12)13-6-8-16(19-3)14(10-13)11-18-2/h5-10,18H,11H2,1-4H3. The van der Waals surface area contributed by atoms with Crippen molar-refractivity contribution < 1.29 is 9.47 Å². The van der Waals surface area contributed by atoms with E-state index in [0.717, 1.165) is 34.7 Å². The maximum absolute atomic E-state index is 5.46. The van der Waals surface area contributed by atoms with Crippen LogP contribution in [0.25, 0.3) is 11.1 Å². The van der Waals surface area contributed by atoms with Gasteiger partial charge in [0.2, 0.25) is 0 Å². The summed E-state index contributed by atoms with van der Waals surface area (Å²) in [5.41, 5.74) is 4.59. The van der Waals surface area contributed by atoms with Crippen LogP contribution in [0.3, 0.4) is 0 Å². The Morgan fingerprint density at radius 3 is 2.30 bits per heavy atom. The van der Waals surface area contributed by atoms with Crippen LogP contribution in [0.1, 0.15) is 11.1 Å². The molecule has 0 fully saturated rings. The predicted octanol–water partition coefficient (Wildman–Crippen LogP) is 3.40. The van der Waals surface area contributed by atoms with Gasteiger partial charge in [-0.3, -0.25) is 0 Å². The minimum atomic E-state index is 0.769. The van der Waals surface area contributed by atoms with Crippen molar-refractivity contribution in [3.8, 4) is 22.6 Å². The molecule has 0 atom stereocenters. The van der Waals surface area contributed by atoms with E-state index in [-0.39, 0.29) is 0 Å². The molecule has 0 aliphatic rings. The molecule has 2 aromatic rings. The Morgan fingerprint density at radius 2 is 1.65 bits per heavy atom. The number of nitrogens with one attached hydrogen (secondary N) is 1. The molecule has 0 aromatic heterocycles. The van der Waals surface area contributed by atoms with Gasteiger partial charge >= 0.3 is 0 Å². The number of aryl methyl sites for hydroxylation is 1. The van der Waals surface area contributed by atoms with Crippen molar-refractivity contribution in [2.75, 3.05) is 21.3 Å². The monoisotopic (exact) mass is 271 g/mol. The van der Waals surface area contributed by atoms with Gasteiger partial charge in [-0.2, -0.15) is 0 Å². The maximum atomic E-state index is 5.46. The average molecular weight is 271 g/mol. The molecule has 0 radical (unpaired) electrons. The molecular weight excluding hydrogens is 250 g/mol. The Hall–Kier alpha value is -2.00. The van der Waals surface area contributed by atoms with Gasteiger partial charge in [0.25, 0.3) is 0 Å². The smallest absolute Gasteiger partial charge is 0.126 e. The van der Waals surface area contributed by atoms with Gasteiger partial charge in [-0.25, -0.2) is 0 Å². The van der Waals surface area contributed by atoms with Crippen molar-refractivity contribution in [1.82, 2.24) is 5.32 Å². The first-order valence-electron chi connectivity index (χ1n) is 6.66. The van der Waals surface area contributed by atoms with E-state index in [2.05, 4.69) is 36.5 Å². The number of methoxy groups -OCH3 is 2. The van der Waals surface area contributed by atoms with Gasteiger partial charge in [-0.1, -0.05) is 17.7 Å².